The van der Waals surface area contributed by atoms with Crippen LogP contribution in [0.15, 0.2) is 207 Å². The van der Waals surface area contributed by atoms with Crippen molar-refractivity contribution in [2.75, 3.05) is 0 Å². The van der Waals surface area contributed by atoms with E-state index >= 15 is 0 Å². The molecule has 2 heterocycles. The second-order valence-electron chi connectivity index (χ2n) is 15.3. The summed E-state index contributed by atoms with van der Waals surface area (Å²) in [4.78, 5) is 20.1. The lowest BCUT2D eigenvalue weighted by Crippen LogP contribution is -2.00. The smallest absolute Gasteiger partial charge is 0.164 e. The molecule has 278 valence electrons. The van der Waals surface area contributed by atoms with Crippen LogP contribution < -0.4 is 0 Å². The third kappa shape index (κ3) is 5.39. The van der Waals surface area contributed by atoms with E-state index < -0.39 is 0 Å². The molecule has 0 spiro atoms. The maximum atomic E-state index is 5.27. The van der Waals surface area contributed by atoms with Gasteiger partial charge in [0.05, 0.1) is 0 Å². The van der Waals surface area contributed by atoms with Gasteiger partial charge in [-0.05, 0) is 83.1 Å². The normalized spacial score (nSPS) is 11.7. The molecule has 0 bridgehead atoms. The summed E-state index contributed by atoms with van der Waals surface area (Å²) in [6, 6.07) is 68.8. The summed E-state index contributed by atoms with van der Waals surface area (Å²) in [5, 5.41) is 7.09. The molecule has 0 saturated heterocycles. The van der Waals surface area contributed by atoms with Gasteiger partial charge in [0.1, 0.15) is 0 Å². The van der Waals surface area contributed by atoms with Crippen LogP contribution in [0.3, 0.4) is 0 Å². The summed E-state index contributed by atoms with van der Waals surface area (Å²) < 4.78 is 0. The topological polar surface area (TPSA) is 51.6 Å². The lowest BCUT2D eigenvalue weighted by Gasteiger charge is -2.20. The van der Waals surface area contributed by atoms with Gasteiger partial charge in [-0.25, -0.2) is 15.0 Å². The second-order valence-corrected chi connectivity index (χ2v) is 15.3. The highest BCUT2D eigenvalue weighted by molar-refractivity contribution is 6.28. The SMILES string of the molecule is c1ccc(-c2nc(-c3ccc(-c4cncc5ccccc45)cc3)nc(-c3ccc4c5c(cccc35)-c3c-4c(-c4ccccc4)c4ccccc4c3-c3ccccc3)n2)cc1. The van der Waals surface area contributed by atoms with Gasteiger partial charge < -0.3 is 0 Å². The van der Waals surface area contributed by atoms with Gasteiger partial charge in [0, 0.05) is 40.0 Å². The van der Waals surface area contributed by atoms with E-state index in [2.05, 4.69) is 175 Å². The van der Waals surface area contributed by atoms with Crippen molar-refractivity contribution in [1.82, 2.24) is 19.9 Å². The van der Waals surface area contributed by atoms with Gasteiger partial charge in [-0.2, -0.15) is 0 Å². The standard InChI is InChI=1S/C56H34N4/c1-4-15-36(16-5-1)49-42-23-12-13-24-43(42)50(37-17-6-2-7-18-37)53-47-32-31-45(44-25-14-26-46(51(44)47)52(49)53)56-59-54(38-19-8-3-9-20-38)58-55(60-56)39-29-27-35(28-30-39)48-34-57-33-40-21-10-11-22-41(40)48/h1-34H. The third-order valence-corrected chi connectivity index (χ3v) is 12.0. The molecule has 0 aliphatic heterocycles. The van der Waals surface area contributed by atoms with Gasteiger partial charge in [-0.1, -0.05) is 188 Å². The van der Waals surface area contributed by atoms with Crippen molar-refractivity contribution in [1.29, 1.82) is 0 Å². The van der Waals surface area contributed by atoms with E-state index in [0.717, 1.165) is 38.6 Å². The van der Waals surface area contributed by atoms with Gasteiger partial charge >= 0.3 is 0 Å². The minimum atomic E-state index is 0.622. The van der Waals surface area contributed by atoms with Crippen LogP contribution in [0.25, 0.3) is 122 Å². The van der Waals surface area contributed by atoms with Crippen LogP contribution in [0.2, 0.25) is 0 Å². The number of benzene rings is 9. The molecule has 1 aliphatic carbocycles. The molecule has 12 rings (SSSR count). The van der Waals surface area contributed by atoms with Crippen LogP contribution in [-0.2, 0) is 0 Å². The van der Waals surface area contributed by atoms with E-state index in [1.165, 1.54) is 66.1 Å². The van der Waals surface area contributed by atoms with Crippen LogP contribution in [0.4, 0.5) is 0 Å². The predicted octanol–water partition coefficient (Wildman–Crippen LogP) is 14.4. The minimum Gasteiger partial charge on any atom is -0.263 e. The lowest BCUT2D eigenvalue weighted by molar-refractivity contribution is 1.08. The van der Waals surface area contributed by atoms with Crippen LogP contribution in [-0.4, -0.2) is 19.9 Å². The van der Waals surface area contributed by atoms with Crippen molar-refractivity contribution >= 4 is 32.3 Å². The molecule has 0 unspecified atom stereocenters. The van der Waals surface area contributed by atoms with Crippen molar-refractivity contribution in [2.45, 2.75) is 0 Å². The molecule has 9 aromatic carbocycles. The number of hydrogen-bond acceptors (Lipinski definition) is 4. The van der Waals surface area contributed by atoms with Crippen molar-refractivity contribution in [3.05, 3.63) is 207 Å². The molecule has 0 N–H and O–H groups in total. The molecule has 0 amide bonds. The number of fused-ring (bicyclic) bond motifs is 5. The van der Waals surface area contributed by atoms with Crippen LogP contribution in [0.5, 0.6) is 0 Å². The van der Waals surface area contributed by atoms with Crippen LogP contribution >= 0.6 is 0 Å². The molecular weight excluding hydrogens is 729 g/mol. The first-order chi connectivity index (χ1) is 29.8. The quantitative estimate of drug-likeness (QED) is 0.169. The fourth-order valence-electron chi connectivity index (χ4n) is 9.29. The van der Waals surface area contributed by atoms with E-state index in [1.54, 1.807) is 0 Å². The summed E-state index contributed by atoms with van der Waals surface area (Å²) in [7, 11) is 0. The van der Waals surface area contributed by atoms with Crippen LogP contribution in [0, 0.1) is 0 Å². The number of pyridine rings is 1. The van der Waals surface area contributed by atoms with Gasteiger partial charge in [0.2, 0.25) is 0 Å². The lowest BCUT2D eigenvalue weighted by atomic mass is 9.82. The number of aromatic nitrogens is 4. The first-order valence-electron chi connectivity index (χ1n) is 20.3. The monoisotopic (exact) mass is 762 g/mol. The van der Waals surface area contributed by atoms with Crippen molar-refractivity contribution in [3.8, 4) is 89.8 Å². The van der Waals surface area contributed by atoms with Gasteiger partial charge in [-0.3, -0.25) is 4.98 Å². The molecular formula is C56H34N4. The Kier molecular flexibility index (Phi) is 7.82. The molecule has 2 aromatic heterocycles. The zero-order valence-electron chi connectivity index (χ0n) is 32.4. The summed E-state index contributed by atoms with van der Waals surface area (Å²) in [5.74, 6) is 1.89. The molecule has 0 atom stereocenters. The second kappa shape index (κ2) is 13.8. The van der Waals surface area contributed by atoms with Crippen molar-refractivity contribution < 1.29 is 0 Å². The Morgan fingerprint density at radius 2 is 0.717 bits per heavy atom. The Morgan fingerprint density at radius 1 is 0.250 bits per heavy atom. The zero-order valence-corrected chi connectivity index (χ0v) is 32.4. The highest BCUT2D eigenvalue weighted by Gasteiger charge is 2.31. The summed E-state index contributed by atoms with van der Waals surface area (Å²) in [6.45, 7) is 0. The average Bonchev–Trinajstić information content (AvgIpc) is 3.66. The van der Waals surface area contributed by atoms with E-state index in [9.17, 15) is 0 Å². The largest absolute Gasteiger partial charge is 0.263 e. The van der Waals surface area contributed by atoms with Gasteiger partial charge in [0.25, 0.3) is 0 Å². The first kappa shape index (κ1) is 34.0. The van der Waals surface area contributed by atoms with Crippen molar-refractivity contribution in [3.63, 3.8) is 0 Å². The Bertz CT molecular complexity index is 3360. The van der Waals surface area contributed by atoms with Gasteiger partial charge in [0.15, 0.2) is 17.5 Å². The third-order valence-electron chi connectivity index (χ3n) is 12.0. The highest BCUT2D eigenvalue weighted by atomic mass is 15.0. The van der Waals surface area contributed by atoms with Crippen molar-refractivity contribution in [2.24, 2.45) is 0 Å². The van der Waals surface area contributed by atoms with Crippen LogP contribution in [0.1, 0.15) is 0 Å². The summed E-state index contributed by atoms with van der Waals surface area (Å²) >= 11 is 0. The van der Waals surface area contributed by atoms with Gasteiger partial charge in [-0.15, -0.1) is 0 Å². The summed E-state index contributed by atoms with van der Waals surface area (Å²) in [6.07, 6.45) is 3.85. The fourth-order valence-corrected chi connectivity index (χ4v) is 9.29. The minimum absolute atomic E-state index is 0.622. The average molecular weight is 763 g/mol. The fraction of sp³-hybridized carbons (Fsp3) is 0. The Morgan fingerprint density at radius 3 is 1.35 bits per heavy atom. The molecule has 1 aliphatic rings. The number of nitrogens with zero attached hydrogens (tertiary/aromatic N) is 4. The molecule has 4 nitrogen and oxygen atoms in total. The highest BCUT2D eigenvalue weighted by Crippen LogP contribution is 2.58. The molecule has 0 saturated carbocycles. The number of hydrogen-bond donors (Lipinski definition) is 0. The van der Waals surface area contributed by atoms with E-state index in [-0.39, 0.29) is 0 Å². The van der Waals surface area contributed by atoms with E-state index in [1.807, 2.05) is 36.7 Å². The molecule has 11 aromatic rings. The molecule has 0 fully saturated rings. The van der Waals surface area contributed by atoms with E-state index in [4.69, 9.17) is 15.0 Å². The summed E-state index contributed by atoms with van der Waals surface area (Å²) in [5.41, 5.74) is 14.9. The first-order valence-corrected chi connectivity index (χ1v) is 20.3. The maximum absolute atomic E-state index is 5.27. The molecule has 4 heteroatoms. The predicted molar refractivity (Wildman–Crippen MR) is 247 cm³/mol. The Labute approximate surface area is 347 Å². The number of rotatable bonds is 6. The van der Waals surface area contributed by atoms with E-state index in [0.29, 0.717) is 17.5 Å². The maximum Gasteiger partial charge on any atom is 0.164 e. The Hall–Kier alpha value is -8.08. The Balaban J connectivity index is 1.08. The molecule has 60 heavy (non-hydrogen) atoms. The zero-order chi connectivity index (χ0) is 39.6. The molecule has 0 radical (unpaired) electrons.